The minimum atomic E-state index is -0.0296. The third kappa shape index (κ3) is 2.16. The maximum absolute atomic E-state index is 5.56. The molecule has 2 N–H and O–H groups in total. The Morgan fingerprint density at radius 2 is 2.27 bits per heavy atom. The summed E-state index contributed by atoms with van der Waals surface area (Å²) in [4.78, 5) is 4.35. The number of aromatic nitrogens is 1. The molecule has 2 aromatic rings. The Morgan fingerprint density at radius 1 is 1.47 bits per heavy atom. The van der Waals surface area contributed by atoms with Gasteiger partial charge in [-0.25, -0.2) is 4.98 Å². The number of rotatable bonds is 4. The summed E-state index contributed by atoms with van der Waals surface area (Å²) in [6.45, 7) is 0.467. The van der Waals surface area contributed by atoms with E-state index in [1.54, 1.807) is 7.11 Å². The second-order valence-electron chi connectivity index (χ2n) is 3.37. The first kappa shape index (κ1) is 10.1. The molecule has 80 valence electrons. The summed E-state index contributed by atoms with van der Waals surface area (Å²) in [5.74, 6) is 0.675. The van der Waals surface area contributed by atoms with Crippen LogP contribution in [0.1, 0.15) is 5.89 Å². The Labute approximate surface area is 88.0 Å². The largest absolute Gasteiger partial charge is 0.441 e. The minimum Gasteiger partial charge on any atom is -0.441 e. The second-order valence-corrected chi connectivity index (χ2v) is 3.37. The molecule has 1 atom stereocenters. The van der Waals surface area contributed by atoms with Gasteiger partial charge in [0.25, 0.3) is 0 Å². The average molecular weight is 206 g/mol. The summed E-state index contributed by atoms with van der Waals surface area (Å²) >= 11 is 0. The molecule has 0 amide bonds. The molecule has 2 rings (SSSR count). The third-order valence-electron chi connectivity index (χ3n) is 2.34. The predicted octanol–water partition coefficient (Wildman–Crippen LogP) is 1.34. The minimum absolute atomic E-state index is 0.0296. The average Bonchev–Trinajstić information content (AvgIpc) is 2.68. The molecule has 1 aromatic carbocycles. The molecule has 0 fully saturated rings. The molecule has 0 aliphatic heterocycles. The smallest absolute Gasteiger partial charge is 0.198 e. The van der Waals surface area contributed by atoms with Crippen molar-refractivity contribution in [3.8, 4) is 0 Å². The van der Waals surface area contributed by atoms with E-state index in [2.05, 4.69) is 4.98 Å². The molecule has 0 saturated carbocycles. The highest BCUT2D eigenvalue weighted by atomic mass is 16.5. The van der Waals surface area contributed by atoms with Gasteiger partial charge in [0.2, 0.25) is 0 Å². The first-order valence-electron chi connectivity index (χ1n) is 4.91. The van der Waals surface area contributed by atoms with Crippen LogP contribution in [0.2, 0.25) is 0 Å². The lowest BCUT2D eigenvalue weighted by Gasteiger charge is -2.09. The van der Waals surface area contributed by atoms with Crippen molar-refractivity contribution in [1.29, 1.82) is 0 Å². The fourth-order valence-corrected chi connectivity index (χ4v) is 1.46. The number of oxazole rings is 1. The lowest BCUT2D eigenvalue weighted by atomic mass is 10.2. The maximum atomic E-state index is 5.56. The molecule has 4 nitrogen and oxygen atoms in total. The molecule has 1 aromatic heterocycles. The zero-order valence-electron chi connectivity index (χ0n) is 8.64. The number of nitrogens with two attached hydrogens (primary N) is 1. The molecule has 0 saturated heterocycles. The van der Waals surface area contributed by atoms with Crippen LogP contribution in [0.4, 0.5) is 0 Å². The number of benzene rings is 1. The van der Waals surface area contributed by atoms with Crippen molar-refractivity contribution in [3.05, 3.63) is 30.2 Å². The van der Waals surface area contributed by atoms with E-state index in [4.69, 9.17) is 14.9 Å². The molecule has 4 heteroatoms. The molecule has 0 bridgehead atoms. The van der Waals surface area contributed by atoms with E-state index in [9.17, 15) is 0 Å². The van der Waals surface area contributed by atoms with Crippen molar-refractivity contribution in [2.45, 2.75) is 12.5 Å². The highest BCUT2D eigenvalue weighted by Crippen LogP contribution is 2.15. The van der Waals surface area contributed by atoms with Crippen LogP contribution in [0, 0.1) is 0 Å². The second kappa shape index (κ2) is 4.42. The van der Waals surface area contributed by atoms with E-state index in [1.807, 2.05) is 24.3 Å². The highest BCUT2D eigenvalue weighted by Gasteiger charge is 2.11. The Morgan fingerprint density at radius 3 is 2.93 bits per heavy atom. The summed E-state index contributed by atoms with van der Waals surface area (Å²) in [5.41, 5.74) is 7.21. The molecule has 0 aliphatic rings. The van der Waals surface area contributed by atoms with E-state index in [-0.39, 0.29) is 6.10 Å². The molecule has 0 radical (unpaired) electrons. The predicted molar refractivity (Wildman–Crippen MR) is 57.6 cm³/mol. The van der Waals surface area contributed by atoms with Crippen LogP contribution in [-0.4, -0.2) is 24.7 Å². The van der Waals surface area contributed by atoms with Crippen molar-refractivity contribution < 1.29 is 9.15 Å². The van der Waals surface area contributed by atoms with Crippen LogP contribution in [-0.2, 0) is 11.2 Å². The number of fused-ring (bicyclic) bond motifs is 1. The topological polar surface area (TPSA) is 61.3 Å². The zero-order valence-corrected chi connectivity index (χ0v) is 8.64. The number of hydrogen-bond donors (Lipinski definition) is 1. The number of ether oxygens (including phenoxy) is 1. The molecule has 0 aliphatic carbocycles. The van der Waals surface area contributed by atoms with Gasteiger partial charge in [-0.15, -0.1) is 0 Å². The molecular formula is C11H14N2O2. The molecule has 1 heterocycles. The Balaban J connectivity index is 2.21. The van der Waals surface area contributed by atoms with E-state index in [0.717, 1.165) is 11.1 Å². The number of nitrogens with zero attached hydrogens (tertiary/aromatic N) is 1. The fraction of sp³-hybridized carbons (Fsp3) is 0.364. The van der Waals surface area contributed by atoms with Gasteiger partial charge in [0.15, 0.2) is 11.5 Å². The summed E-state index contributed by atoms with van der Waals surface area (Å²) in [6, 6.07) is 7.68. The van der Waals surface area contributed by atoms with Crippen molar-refractivity contribution >= 4 is 11.1 Å². The Hall–Kier alpha value is -1.39. The molecule has 1 unspecified atom stereocenters. The van der Waals surface area contributed by atoms with Crippen LogP contribution in [0.25, 0.3) is 11.1 Å². The van der Waals surface area contributed by atoms with Crippen molar-refractivity contribution in [1.82, 2.24) is 4.98 Å². The lowest BCUT2D eigenvalue weighted by Crippen LogP contribution is -2.24. The van der Waals surface area contributed by atoms with E-state index in [0.29, 0.717) is 18.9 Å². The number of hydrogen-bond acceptors (Lipinski definition) is 4. The van der Waals surface area contributed by atoms with Crippen LogP contribution in [0.5, 0.6) is 0 Å². The fourth-order valence-electron chi connectivity index (χ4n) is 1.46. The first-order valence-corrected chi connectivity index (χ1v) is 4.91. The summed E-state index contributed by atoms with van der Waals surface area (Å²) < 4.78 is 10.7. The van der Waals surface area contributed by atoms with Crippen LogP contribution < -0.4 is 5.73 Å². The lowest BCUT2D eigenvalue weighted by molar-refractivity contribution is 0.104. The molecule has 0 spiro atoms. The standard InChI is InChI=1S/C11H14N2O2/c1-14-8(7-12)6-11-13-9-4-2-3-5-10(9)15-11/h2-5,8H,6-7,12H2,1H3. The van der Waals surface area contributed by atoms with Crippen LogP contribution >= 0.6 is 0 Å². The van der Waals surface area contributed by atoms with Gasteiger partial charge in [-0.05, 0) is 12.1 Å². The van der Waals surface area contributed by atoms with Crippen molar-refractivity contribution in [2.75, 3.05) is 13.7 Å². The third-order valence-corrected chi connectivity index (χ3v) is 2.34. The van der Waals surface area contributed by atoms with Gasteiger partial charge in [0.1, 0.15) is 5.52 Å². The summed E-state index contributed by atoms with van der Waals surface area (Å²) in [7, 11) is 1.64. The molecule has 15 heavy (non-hydrogen) atoms. The van der Waals surface area contributed by atoms with Gasteiger partial charge < -0.3 is 14.9 Å². The van der Waals surface area contributed by atoms with E-state index >= 15 is 0 Å². The maximum Gasteiger partial charge on any atom is 0.198 e. The van der Waals surface area contributed by atoms with Gasteiger partial charge in [-0.2, -0.15) is 0 Å². The number of methoxy groups -OCH3 is 1. The van der Waals surface area contributed by atoms with Gasteiger partial charge in [-0.3, -0.25) is 0 Å². The van der Waals surface area contributed by atoms with Crippen LogP contribution in [0.15, 0.2) is 28.7 Å². The van der Waals surface area contributed by atoms with Crippen LogP contribution in [0.3, 0.4) is 0 Å². The van der Waals surface area contributed by atoms with E-state index in [1.165, 1.54) is 0 Å². The monoisotopic (exact) mass is 206 g/mol. The normalized spacial score (nSPS) is 13.2. The number of para-hydroxylation sites is 2. The summed E-state index contributed by atoms with van der Waals surface area (Å²) in [6.07, 6.45) is 0.583. The highest BCUT2D eigenvalue weighted by molar-refractivity contribution is 5.72. The van der Waals surface area contributed by atoms with Gasteiger partial charge in [0, 0.05) is 13.7 Å². The molecular weight excluding hydrogens is 192 g/mol. The summed E-state index contributed by atoms with van der Waals surface area (Å²) in [5, 5.41) is 0. The van der Waals surface area contributed by atoms with Gasteiger partial charge >= 0.3 is 0 Å². The van der Waals surface area contributed by atoms with Crippen molar-refractivity contribution in [2.24, 2.45) is 5.73 Å². The zero-order chi connectivity index (χ0) is 10.7. The van der Waals surface area contributed by atoms with Crippen molar-refractivity contribution in [3.63, 3.8) is 0 Å². The van der Waals surface area contributed by atoms with Gasteiger partial charge in [0.05, 0.1) is 12.5 Å². The first-order chi connectivity index (χ1) is 7.33. The van der Waals surface area contributed by atoms with E-state index < -0.39 is 0 Å². The Kier molecular flexibility index (Phi) is 2.99. The quantitative estimate of drug-likeness (QED) is 0.820. The SMILES string of the molecule is COC(CN)Cc1nc2ccccc2o1. The van der Waals surface area contributed by atoms with Gasteiger partial charge in [-0.1, -0.05) is 12.1 Å². The Bertz CT molecular complexity index is 402.